The lowest BCUT2D eigenvalue weighted by Gasteiger charge is -2.22. The second-order valence-electron chi connectivity index (χ2n) is 5.50. The molecule has 4 nitrogen and oxygen atoms in total. The van der Waals surface area contributed by atoms with Crippen LogP contribution >= 0.6 is 0 Å². The van der Waals surface area contributed by atoms with Crippen molar-refractivity contribution in [3.8, 4) is 0 Å². The summed E-state index contributed by atoms with van der Waals surface area (Å²) in [6, 6.07) is 0.845. The van der Waals surface area contributed by atoms with Crippen molar-refractivity contribution in [1.82, 2.24) is 4.90 Å². The molecule has 0 radical (unpaired) electrons. The number of unbranched alkanes of at least 4 members (excludes halogenated alkanes) is 1. The van der Waals surface area contributed by atoms with Gasteiger partial charge >= 0.3 is 0 Å². The topological polar surface area (TPSA) is 61.8 Å². The highest BCUT2D eigenvalue weighted by atomic mass is 16.4. The molecule has 4 heteroatoms. The zero-order valence-corrected chi connectivity index (χ0v) is 11.2. The van der Waals surface area contributed by atoms with Gasteiger partial charge in [-0.15, -0.1) is 0 Å². The van der Waals surface area contributed by atoms with Gasteiger partial charge in [-0.3, -0.25) is 0 Å². The third-order valence-corrected chi connectivity index (χ3v) is 3.31. The SMILES string of the molecule is CC(C)CCN(CCCCC(N)=NO)C1CC1. The minimum atomic E-state index is 0.352. The molecule has 0 aliphatic heterocycles. The molecule has 17 heavy (non-hydrogen) atoms. The number of oxime groups is 1. The van der Waals surface area contributed by atoms with Crippen molar-refractivity contribution in [2.45, 2.75) is 58.4 Å². The Labute approximate surface area is 105 Å². The minimum absolute atomic E-state index is 0.352. The van der Waals surface area contributed by atoms with Crippen molar-refractivity contribution in [1.29, 1.82) is 0 Å². The van der Waals surface area contributed by atoms with Crippen LogP contribution in [0.3, 0.4) is 0 Å². The Morgan fingerprint density at radius 3 is 2.59 bits per heavy atom. The lowest BCUT2D eigenvalue weighted by Crippen LogP contribution is -2.29. The van der Waals surface area contributed by atoms with Gasteiger partial charge in [0.15, 0.2) is 0 Å². The number of nitrogens with zero attached hydrogens (tertiary/aromatic N) is 2. The van der Waals surface area contributed by atoms with Crippen LogP contribution in [0.2, 0.25) is 0 Å². The molecule has 0 aromatic heterocycles. The Morgan fingerprint density at radius 2 is 2.06 bits per heavy atom. The van der Waals surface area contributed by atoms with Crippen molar-refractivity contribution < 1.29 is 5.21 Å². The van der Waals surface area contributed by atoms with Crippen LogP contribution in [-0.2, 0) is 0 Å². The number of hydrogen-bond donors (Lipinski definition) is 2. The summed E-state index contributed by atoms with van der Waals surface area (Å²) in [4.78, 5) is 2.62. The molecule has 0 atom stereocenters. The highest BCUT2D eigenvalue weighted by Crippen LogP contribution is 2.27. The van der Waals surface area contributed by atoms with Gasteiger partial charge in [-0.2, -0.15) is 0 Å². The first kappa shape index (κ1) is 14.3. The molecule has 0 aromatic carbocycles. The molecular weight excluding hydrogens is 214 g/mol. The normalized spacial score (nSPS) is 17.1. The zero-order valence-electron chi connectivity index (χ0n) is 11.2. The maximum Gasteiger partial charge on any atom is 0.139 e. The molecule has 1 saturated carbocycles. The summed E-state index contributed by atoms with van der Waals surface area (Å²) in [6.45, 7) is 6.95. The molecular formula is C13H27N3O. The van der Waals surface area contributed by atoms with Gasteiger partial charge in [0.05, 0.1) is 0 Å². The molecule has 1 aliphatic carbocycles. The maximum atomic E-state index is 8.44. The van der Waals surface area contributed by atoms with Gasteiger partial charge in [-0.05, 0) is 51.1 Å². The molecule has 0 aromatic rings. The molecule has 0 bridgehead atoms. The average molecular weight is 241 g/mol. The Bertz CT molecular complexity index is 237. The quantitative estimate of drug-likeness (QED) is 0.214. The largest absolute Gasteiger partial charge is 0.409 e. The molecule has 1 aliphatic rings. The lowest BCUT2D eigenvalue weighted by atomic mass is 10.1. The van der Waals surface area contributed by atoms with E-state index in [2.05, 4.69) is 23.9 Å². The summed E-state index contributed by atoms with van der Waals surface area (Å²) in [5, 5.41) is 11.4. The third-order valence-electron chi connectivity index (χ3n) is 3.31. The van der Waals surface area contributed by atoms with Gasteiger partial charge in [0, 0.05) is 12.5 Å². The number of amidine groups is 1. The van der Waals surface area contributed by atoms with E-state index in [1.807, 2.05) is 0 Å². The zero-order chi connectivity index (χ0) is 12.7. The van der Waals surface area contributed by atoms with Crippen molar-refractivity contribution in [2.75, 3.05) is 13.1 Å². The van der Waals surface area contributed by atoms with E-state index in [9.17, 15) is 0 Å². The fourth-order valence-corrected chi connectivity index (χ4v) is 2.01. The molecule has 3 N–H and O–H groups in total. The Morgan fingerprint density at radius 1 is 1.35 bits per heavy atom. The fourth-order valence-electron chi connectivity index (χ4n) is 2.01. The lowest BCUT2D eigenvalue weighted by molar-refractivity contribution is 0.243. The first-order valence-electron chi connectivity index (χ1n) is 6.84. The standard InChI is InChI=1S/C13H27N3O/c1-11(2)8-10-16(12-6-7-12)9-4-3-5-13(14)15-17/h11-12,17H,3-10H2,1-2H3,(H2,14,15). The average Bonchev–Trinajstić information content (AvgIpc) is 3.11. The van der Waals surface area contributed by atoms with Crippen LogP contribution in [0.5, 0.6) is 0 Å². The monoisotopic (exact) mass is 241 g/mol. The summed E-state index contributed by atoms with van der Waals surface area (Å²) in [7, 11) is 0. The van der Waals surface area contributed by atoms with Crippen LogP contribution in [-0.4, -0.2) is 35.1 Å². The maximum absolute atomic E-state index is 8.44. The summed E-state index contributed by atoms with van der Waals surface area (Å²) in [6.07, 6.45) is 6.90. The number of rotatable bonds is 9. The fraction of sp³-hybridized carbons (Fsp3) is 0.923. The van der Waals surface area contributed by atoms with E-state index in [1.165, 1.54) is 25.8 Å². The highest BCUT2D eigenvalue weighted by Gasteiger charge is 2.28. The van der Waals surface area contributed by atoms with E-state index in [4.69, 9.17) is 10.9 Å². The van der Waals surface area contributed by atoms with Crippen LogP contribution in [0.25, 0.3) is 0 Å². The molecule has 0 unspecified atom stereocenters. The van der Waals surface area contributed by atoms with Crippen LogP contribution < -0.4 is 5.73 Å². The second kappa shape index (κ2) is 7.54. The Hall–Kier alpha value is -0.770. The van der Waals surface area contributed by atoms with Gasteiger partial charge in [0.25, 0.3) is 0 Å². The molecule has 0 amide bonds. The molecule has 0 spiro atoms. The first-order valence-corrected chi connectivity index (χ1v) is 6.84. The van der Waals surface area contributed by atoms with E-state index in [0.717, 1.165) is 31.3 Å². The first-order chi connectivity index (χ1) is 8.13. The smallest absolute Gasteiger partial charge is 0.139 e. The van der Waals surface area contributed by atoms with Crippen molar-refractivity contribution in [3.05, 3.63) is 0 Å². The van der Waals surface area contributed by atoms with E-state index in [0.29, 0.717) is 12.3 Å². The van der Waals surface area contributed by atoms with Crippen molar-refractivity contribution in [3.63, 3.8) is 0 Å². The van der Waals surface area contributed by atoms with E-state index in [-0.39, 0.29) is 0 Å². The summed E-state index contributed by atoms with van der Waals surface area (Å²) in [5.41, 5.74) is 5.45. The van der Waals surface area contributed by atoms with Crippen LogP contribution in [0, 0.1) is 5.92 Å². The van der Waals surface area contributed by atoms with Crippen LogP contribution in [0.1, 0.15) is 52.4 Å². The molecule has 1 fully saturated rings. The Balaban J connectivity index is 2.12. The minimum Gasteiger partial charge on any atom is -0.409 e. The van der Waals surface area contributed by atoms with E-state index in [1.54, 1.807) is 0 Å². The van der Waals surface area contributed by atoms with Gasteiger partial charge in [-0.25, -0.2) is 0 Å². The second-order valence-corrected chi connectivity index (χ2v) is 5.50. The van der Waals surface area contributed by atoms with Gasteiger partial charge < -0.3 is 15.8 Å². The predicted octanol–water partition coefficient (Wildman–Crippen LogP) is 2.41. The van der Waals surface area contributed by atoms with Crippen molar-refractivity contribution in [2.24, 2.45) is 16.8 Å². The summed E-state index contributed by atoms with van der Waals surface area (Å²) >= 11 is 0. The molecule has 0 heterocycles. The van der Waals surface area contributed by atoms with E-state index < -0.39 is 0 Å². The van der Waals surface area contributed by atoms with E-state index >= 15 is 0 Å². The van der Waals surface area contributed by atoms with Gasteiger partial charge in [-0.1, -0.05) is 19.0 Å². The third kappa shape index (κ3) is 6.51. The summed E-state index contributed by atoms with van der Waals surface area (Å²) in [5.74, 6) is 1.14. The summed E-state index contributed by atoms with van der Waals surface area (Å²) < 4.78 is 0. The predicted molar refractivity (Wildman–Crippen MR) is 71.3 cm³/mol. The van der Waals surface area contributed by atoms with Crippen LogP contribution in [0.4, 0.5) is 0 Å². The molecule has 100 valence electrons. The van der Waals surface area contributed by atoms with Crippen LogP contribution in [0.15, 0.2) is 5.16 Å². The molecule has 0 saturated heterocycles. The molecule has 1 rings (SSSR count). The van der Waals surface area contributed by atoms with Crippen molar-refractivity contribution >= 4 is 5.84 Å². The highest BCUT2D eigenvalue weighted by molar-refractivity contribution is 5.79. The number of nitrogens with two attached hydrogens (primary N) is 1. The van der Waals surface area contributed by atoms with Gasteiger partial charge in [0.1, 0.15) is 5.84 Å². The number of hydrogen-bond acceptors (Lipinski definition) is 3. The Kier molecular flexibility index (Phi) is 6.34. The van der Waals surface area contributed by atoms with Gasteiger partial charge in [0.2, 0.25) is 0 Å².